The van der Waals surface area contributed by atoms with Crippen LogP contribution in [0.4, 0.5) is 0 Å². The predicted octanol–water partition coefficient (Wildman–Crippen LogP) is 1.85. The Bertz CT molecular complexity index is 392. The number of hydrogen-bond acceptors (Lipinski definition) is 3. The molecule has 0 saturated carbocycles. The van der Waals surface area contributed by atoms with E-state index >= 15 is 0 Å². The number of amides is 1. The van der Waals surface area contributed by atoms with Crippen molar-refractivity contribution in [3.8, 4) is 0 Å². The van der Waals surface area contributed by atoms with E-state index in [1.165, 1.54) is 0 Å². The van der Waals surface area contributed by atoms with Crippen LogP contribution >= 0.6 is 11.3 Å². The van der Waals surface area contributed by atoms with Gasteiger partial charge in [0.05, 0.1) is 24.7 Å². The predicted molar refractivity (Wildman–Crippen MR) is 62.6 cm³/mol. The zero-order valence-corrected chi connectivity index (χ0v) is 10.1. The van der Waals surface area contributed by atoms with Gasteiger partial charge in [0.1, 0.15) is 0 Å². The van der Waals surface area contributed by atoms with Crippen LogP contribution < -0.4 is 0 Å². The highest BCUT2D eigenvalue weighted by Crippen LogP contribution is 2.39. The molecule has 0 N–H and O–H groups in total. The van der Waals surface area contributed by atoms with Crippen LogP contribution in [-0.2, 0) is 9.53 Å². The van der Waals surface area contributed by atoms with Crippen molar-refractivity contribution in [3.63, 3.8) is 0 Å². The first-order valence-corrected chi connectivity index (χ1v) is 6.59. The molecule has 3 heterocycles. The van der Waals surface area contributed by atoms with Crippen molar-refractivity contribution in [2.75, 3.05) is 19.8 Å². The molecule has 2 aliphatic rings. The van der Waals surface area contributed by atoms with E-state index in [9.17, 15) is 4.79 Å². The van der Waals surface area contributed by atoms with E-state index in [4.69, 9.17) is 4.74 Å². The fourth-order valence-electron chi connectivity index (χ4n) is 2.42. The molecule has 1 amide bonds. The summed E-state index contributed by atoms with van der Waals surface area (Å²) >= 11 is 1.65. The molecule has 1 atom stereocenters. The van der Waals surface area contributed by atoms with Crippen LogP contribution in [0.15, 0.2) is 16.8 Å². The Morgan fingerprint density at radius 1 is 1.62 bits per heavy atom. The second-order valence-electron chi connectivity index (χ2n) is 4.74. The van der Waals surface area contributed by atoms with Crippen LogP contribution in [0.25, 0.3) is 0 Å². The van der Waals surface area contributed by atoms with Gasteiger partial charge in [-0.3, -0.25) is 4.79 Å². The van der Waals surface area contributed by atoms with E-state index in [0.717, 1.165) is 31.7 Å². The molecular weight excluding hydrogens is 222 g/mol. The van der Waals surface area contributed by atoms with E-state index in [1.807, 2.05) is 23.3 Å². The van der Waals surface area contributed by atoms with Gasteiger partial charge in [-0.05, 0) is 35.7 Å². The molecule has 1 aromatic rings. The van der Waals surface area contributed by atoms with Gasteiger partial charge < -0.3 is 9.64 Å². The van der Waals surface area contributed by atoms with Crippen LogP contribution in [0, 0.1) is 0 Å². The summed E-state index contributed by atoms with van der Waals surface area (Å²) in [5, 5.41) is 4.09. The fourth-order valence-corrected chi connectivity index (χ4v) is 3.17. The summed E-state index contributed by atoms with van der Waals surface area (Å²) in [6.07, 6.45) is 1.11. The average Bonchev–Trinajstić information content (AvgIpc) is 2.65. The summed E-state index contributed by atoms with van der Waals surface area (Å²) in [5.41, 5.74) is 1.21. The minimum atomic E-state index is -0.0102. The number of thiophene rings is 1. The lowest BCUT2D eigenvalue weighted by molar-refractivity contribution is -0.200. The maximum Gasteiger partial charge on any atom is 0.230 e. The topological polar surface area (TPSA) is 29.5 Å². The highest BCUT2D eigenvalue weighted by atomic mass is 32.1. The first-order valence-electron chi connectivity index (χ1n) is 5.64. The number of hydrogen-bond donors (Lipinski definition) is 0. The lowest BCUT2D eigenvalue weighted by atomic mass is 9.81. The third-order valence-electron chi connectivity index (χ3n) is 3.79. The Labute approximate surface area is 99.0 Å². The number of ether oxygens (including phenoxy) is 1. The number of carbonyl (C=O) groups is 1. The summed E-state index contributed by atoms with van der Waals surface area (Å²) in [5.74, 6) is 0.247. The SMILES string of the molecule is CC(C(=O)N1CCC12COC2)c1ccsc1. The number of nitrogens with zero attached hydrogens (tertiary/aromatic N) is 1. The fraction of sp³-hybridized carbons (Fsp3) is 0.583. The highest BCUT2D eigenvalue weighted by molar-refractivity contribution is 7.08. The Hall–Kier alpha value is -0.870. The molecule has 3 rings (SSSR count). The lowest BCUT2D eigenvalue weighted by Gasteiger charge is -2.58. The number of carbonyl (C=O) groups excluding carboxylic acids is 1. The summed E-state index contributed by atoms with van der Waals surface area (Å²) in [6, 6.07) is 2.04. The molecule has 1 spiro atoms. The molecule has 2 saturated heterocycles. The first kappa shape index (κ1) is 10.3. The zero-order chi connectivity index (χ0) is 11.2. The summed E-state index contributed by atoms with van der Waals surface area (Å²) in [4.78, 5) is 14.3. The van der Waals surface area contributed by atoms with Gasteiger partial charge in [-0.25, -0.2) is 0 Å². The van der Waals surface area contributed by atoms with E-state index < -0.39 is 0 Å². The quantitative estimate of drug-likeness (QED) is 0.785. The third kappa shape index (κ3) is 1.33. The molecule has 2 fully saturated rings. The molecule has 0 bridgehead atoms. The molecule has 0 aliphatic carbocycles. The minimum Gasteiger partial charge on any atom is -0.376 e. The van der Waals surface area contributed by atoms with Crippen molar-refractivity contribution in [1.82, 2.24) is 4.90 Å². The van der Waals surface area contributed by atoms with Gasteiger partial charge in [0.15, 0.2) is 0 Å². The smallest absolute Gasteiger partial charge is 0.230 e. The minimum absolute atomic E-state index is 0.0102. The molecule has 1 unspecified atom stereocenters. The Morgan fingerprint density at radius 3 is 2.88 bits per heavy atom. The Kier molecular flexibility index (Phi) is 2.30. The monoisotopic (exact) mass is 237 g/mol. The van der Waals surface area contributed by atoms with Crippen molar-refractivity contribution in [2.24, 2.45) is 0 Å². The zero-order valence-electron chi connectivity index (χ0n) is 9.31. The van der Waals surface area contributed by atoms with Crippen LogP contribution in [0.3, 0.4) is 0 Å². The van der Waals surface area contributed by atoms with Crippen molar-refractivity contribution >= 4 is 17.2 Å². The van der Waals surface area contributed by atoms with Gasteiger partial charge in [0.25, 0.3) is 0 Å². The van der Waals surface area contributed by atoms with Gasteiger partial charge in [0, 0.05) is 6.54 Å². The van der Waals surface area contributed by atoms with Crippen LogP contribution in [-0.4, -0.2) is 36.1 Å². The van der Waals surface area contributed by atoms with E-state index in [0.29, 0.717) is 0 Å². The molecule has 0 radical (unpaired) electrons. The van der Waals surface area contributed by atoms with Gasteiger partial charge >= 0.3 is 0 Å². The lowest BCUT2D eigenvalue weighted by Crippen LogP contribution is -2.72. The third-order valence-corrected chi connectivity index (χ3v) is 4.50. The van der Waals surface area contributed by atoms with E-state index in [1.54, 1.807) is 11.3 Å². The van der Waals surface area contributed by atoms with Gasteiger partial charge in [-0.1, -0.05) is 0 Å². The largest absolute Gasteiger partial charge is 0.376 e. The van der Waals surface area contributed by atoms with Crippen molar-refractivity contribution < 1.29 is 9.53 Å². The number of likely N-dealkylation sites (tertiary alicyclic amines) is 1. The van der Waals surface area contributed by atoms with Gasteiger partial charge in [0.2, 0.25) is 5.91 Å². The maximum atomic E-state index is 12.3. The van der Waals surface area contributed by atoms with Crippen molar-refractivity contribution in [2.45, 2.75) is 24.8 Å². The van der Waals surface area contributed by atoms with Gasteiger partial charge in [-0.15, -0.1) is 0 Å². The van der Waals surface area contributed by atoms with Crippen molar-refractivity contribution in [1.29, 1.82) is 0 Å². The first-order chi connectivity index (χ1) is 7.73. The number of rotatable bonds is 2. The van der Waals surface area contributed by atoms with Gasteiger partial charge in [-0.2, -0.15) is 11.3 Å². The second-order valence-corrected chi connectivity index (χ2v) is 5.52. The average molecular weight is 237 g/mol. The summed E-state index contributed by atoms with van der Waals surface area (Å²) in [6.45, 7) is 4.36. The molecule has 4 heteroatoms. The molecule has 0 aromatic carbocycles. The molecule has 1 aromatic heterocycles. The molecular formula is C12H15NO2S. The normalized spacial score (nSPS) is 23.7. The Morgan fingerprint density at radius 2 is 2.44 bits per heavy atom. The van der Waals surface area contributed by atoms with Crippen LogP contribution in [0.5, 0.6) is 0 Å². The molecule has 16 heavy (non-hydrogen) atoms. The Balaban J connectivity index is 1.73. The summed E-state index contributed by atoms with van der Waals surface area (Å²) in [7, 11) is 0. The molecule has 3 nitrogen and oxygen atoms in total. The second kappa shape index (κ2) is 3.57. The van der Waals surface area contributed by atoms with Crippen LogP contribution in [0.1, 0.15) is 24.8 Å². The maximum absolute atomic E-state index is 12.3. The van der Waals surface area contributed by atoms with Crippen molar-refractivity contribution in [3.05, 3.63) is 22.4 Å². The standard InChI is InChI=1S/C12H15NO2S/c1-9(10-2-5-16-6-10)11(14)13-4-3-12(13)7-15-8-12/h2,5-6,9H,3-4,7-8H2,1H3. The van der Waals surface area contributed by atoms with E-state index in [-0.39, 0.29) is 17.4 Å². The van der Waals surface area contributed by atoms with E-state index in [2.05, 4.69) is 5.38 Å². The molecule has 86 valence electrons. The van der Waals surface area contributed by atoms with Crippen LogP contribution in [0.2, 0.25) is 0 Å². The molecule has 2 aliphatic heterocycles. The highest BCUT2D eigenvalue weighted by Gasteiger charge is 2.53. The summed E-state index contributed by atoms with van der Waals surface area (Å²) < 4.78 is 5.24.